The van der Waals surface area contributed by atoms with Gasteiger partial charge in [0.15, 0.2) is 0 Å². The Labute approximate surface area is 205 Å². The fraction of sp³-hybridized carbons (Fsp3) is 0.652. The molecule has 2 unspecified atom stereocenters. The Morgan fingerprint density at radius 2 is 1.68 bits per heavy atom. The van der Waals surface area contributed by atoms with Crippen molar-refractivity contribution in [3.63, 3.8) is 0 Å². The fourth-order valence-electron chi connectivity index (χ4n) is 6.13. The predicted octanol–water partition coefficient (Wildman–Crippen LogP) is 1.97. The van der Waals surface area contributed by atoms with Crippen molar-refractivity contribution in [2.24, 2.45) is 11.8 Å². The molecular weight excluding hydrogens is 474 g/mol. The smallest absolute Gasteiger partial charge is 0.227 e. The van der Waals surface area contributed by atoms with Gasteiger partial charge in [0.2, 0.25) is 11.9 Å². The number of hydrogen-bond donors (Lipinski definition) is 2. The zero-order valence-electron chi connectivity index (χ0n) is 18.9. The third-order valence-electron chi connectivity index (χ3n) is 8.50. The summed E-state index contributed by atoms with van der Waals surface area (Å²) in [7, 11) is -1.09. The van der Waals surface area contributed by atoms with Gasteiger partial charge in [0, 0.05) is 49.2 Å². The minimum atomic E-state index is -1.09. The molecule has 11 heteroatoms. The summed E-state index contributed by atoms with van der Waals surface area (Å²) in [5.74, 6) is 3.80. The second kappa shape index (κ2) is 7.48. The number of aromatic nitrogens is 4. The van der Waals surface area contributed by atoms with Crippen LogP contribution in [0.3, 0.4) is 0 Å². The number of fused-ring (bicyclic) bond motifs is 3. The SMILES string of the molecule is O=[S@]1CC2(CC2)c2nc(N3CC4CN(c5ncc(Cl)cn5)CC4C3)nc(NC3(CO)CCC3)c21. The average molecular weight is 502 g/mol. The molecule has 0 aromatic carbocycles. The molecule has 180 valence electrons. The number of aliphatic hydroxyl groups is 1. The van der Waals surface area contributed by atoms with Gasteiger partial charge in [-0.3, -0.25) is 4.21 Å². The summed E-state index contributed by atoms with van der Waals surface area (Å²) < 4.78 is 13.1. The van der Waals surface area contributed by atoms with Crippen LogP contribution in [0.1, 0.15) is 37.8 Å². The monoisotopic (exact) mass is 501 g/mol. The van der Waals surface area contributed by atoms with Gasteiger partial charge in [-0.2, -0.15) is 4.98 Å². The molecule has 1 spiro atoms. The first-order valence-corrected chi connectivity index (χ1v) is 13.8. The van der Waals surface area contributed by atoms with Crippen LogP contribution in [0, 0.1) is 11.8 Å². The van der Waals surface area contributed by atoms with Gasteiger partial charge < -0.3 is 20.2 Å². The van der Waals surface area contributed by atoms with E-state index in [1.54, 1.807) is 12.4 Å². The summed E-state index contributed by atoms with van der Waals surface area (Å²) in [6.45, 7) is 3.64. The highest BCUT2D eigenvalue weighted by atomic mass is 35.5. The van der Waals surface area contributed by atoms with E-state index in [0.717, 1.165) is 80.8 Å². The molecule has 5 aliphatic rings. The standard InChI is InChI=1S/C23H28ClN7O2S/c24-16-6-25-20(26-7-16)30-8-14-10-31(11-15(14)9-30)21-27-18-17(34(33)13-22(18)4-5-22)19(28-21)29-23(12-32)2-1-3-23/h6-7,14-15,32H,1-5,8-13H2,(H,27,28,29)/t14?,15?,34-/m0/s1. The van der Waals surface area contributed by atoms with Gasteiger partial charge in [-0.05, 0) is 32.1 Å². The van der Waals surface area contributed by atoms with Crippen molar-refractivity contribution in [3.05, 3.63) is 23.1 Å². The molecule has 0 amide bonds. The maximum Gasteiger partial charge on any atom is 0.227 e. The molecule has 2 aromatic heterocycles. The first-order valence-electron chi connectivity index (χ1n) is 12.1. The molecule has 9 nitrogen and oxygen atoms in total. The lowest BCUT2D eigenvalue weighted by Crippen LogP contribution is -2.48. The number of hydrogen-bond acceptors (Lipinski definition) is 9. The molecular formula is C23H28ClN7O2S. The van der Waals surface area contributed by atoms with Crippen molar-refractivity contribution >= 4 is 40.1 Å². The maximum atomic E-state index is 13.1. The predicted molar refractivity (Wildman–Crippen MR) is 130 cm³/mol. The van der Waals surface area contributed by atoms with Gasteiger partial charge in [0.05, 0.1) is 46.1 Å². The van der Waals surface area contributed by atoms with Crippen molar-refractivity contribution in [2.45, 2.75) is 48.0 Å². The fourth-order valence-corrected chi connectivity index (χ4v) is 8.09. The molecule has 2 N–H and O–H groups in total. The molecule has 0 radical (unpaired) electrons. The Kier molecular flexibility index (Phi) is 4.68. The Bertz CT molecular complexity index is 1150. The van der Waals surface area contributed by atoms with E-state index in [-0.39, 0.29) is 17.6 Å². The van der Waals surface area contributed by atoms with Gasteiger partial charge in [0.1, 0.15) is 10.7 Å². The number of halogens is 1. The van der Waals surface area contributed by atoms with Crippen LogP contribution in [-0.2, 0) is 16.2 Å². The van der Waals surface area contributed by atoms with Crippen LogP contribution in [0.15, 0.2) is 17.3 Å². The van der Waals surface area contributed by atoms with Crippen molar-refractivity contribution in [1.82, 2.24) is 19.9 Å². The second-order valence-electron chi connectivity index (χ2n) is 10.8. The van der Waals surface area contributed by atoms with Gasteiger partial charge in [0.25, 0.3) is 0 Å². The molecule has 5 heterocycles. The molecule has 2 aliphatic carbocycles. The Morgan fingerprint density at radius 3 is 2.24 bits per heavy atom. The molecule has 2 aromatic rings. The molecule has 0 bridgehead atoms. The minimum absolute atomic E-state index is 0.0291. The summed E-state index contributed by atoms with van der Waals surface area (Å²) >= 11 is 5.95. The first-order chi connectivity index (χ1) is 16.5. The third kappa shape index (κ3) is 3.25. The lowest BCUT2D eigenvalue weighted by Gasteiger charge is -2.41. The molecule has 2 saturated heterocycles. The number of aliphatic hydroxyl groups excluding tert-OH is 1. The average Bonchev–Trinajstić information content (AvgIpc) is 3.16. The third-order valence-corrected chi connectivity index (χ3v) is 10.4. The number of rotatable bonds is 5. The highest BCUT2D eigenvalue weighted by molar-refractivity contribution is 7.85. The van der Waals surface area contributed by atoms with Crippen LogP contribution < -0.4 is 15.1 Å². The topological polar surface area (TPSA) is 107 Å². The van der Waals surface area contributed by atoms with E-state index in [0.29, 0.717) is 28.4 Å². The molecule has 3 aliphatic heterocycles. The van der Waals surface area contributed by atoms with E-state index < -0.39 is 10.8 Å². The van der Waals surface area contributed by atoms with E-state index in [4.69, 9.17) is 21.6 Å². The molecule has 2 saturated carbocycles. The number of nitrogens with one attached hydrogen (secondary N) is 1. The second-order valence-corrected chi connectivity index (χ2v) is 12.6. The minimum Gasteiger partial charge on any atom is -0.394 e. The lowest BCUT2D eigenvalue weighted by molar-refractivity contribution is 0.143. The highest BCUT2D eigenvalue weighted by Crippen LogP contribution is 2.56. The Morgan fingerprint density at radius 1 is 1.03 bits per heavy atom. The molecule has 34 heavy (non-hydrogen) atoms. The summed E-state index contributed by atoms with van der Waals surface area (Å²) in [6.07, 6.45) is 8.30. The van der Waals surface area contributed by atoms with Gasteiger partial charge >= 0.3 is 0 Å². The summed E-state index contributed by atoms with van der Waals surface area (Å²) in [5, 5.41) is 14.1. The zero-order chi connectivity index (χ0) is 23.1. The summed E-state index contributed by atoms with van der Waals surface area (Å²) in [4.78, 5) is 24.1. The number of nitrogens with zero attached hydrogens (tertiary/aromatic N) is 6. The van der Waals surface area contributed by atoms with Crippen LogP contribution >= 0.6 is 11.6 Å². The largest absolute Gasteiger partial charge is 0.394 e. The van der Waals surface area contributed by atoms with Crippen LogP contribution in [0.2, 0.25) is 5.02 Å². The van der Waals surface area contributed by atoms with Crippen LogP contribution in [0.25, 0.3) is 0 Å². The van der Waals surface area contributed by atoms with E-state index in [2.05, 4.69) is 25.1 Å². The van der Waals surface area contributed by atoms with E-state index in [1.165, 1.54) is 0 Å². The van der Waals surface area contributed by atoms with Crippen molar-refractivity contribution < 1.29 is 9.32 Å². The Hall–Kier alpha value is -2.04. The Balaban J connectivity index is 1.16. The summed E-state index contributed by atoms with van der Waals surface area (Å²) in [5.41, 5.74) is 0.612. The van der Waals surface area contributed by atoms with Gasteiger partial charge in [-0.15, -0.1) is 0 Å². The van der Waals surface area contributed by atoms with Gasteiger partial charge in [-0.25, -0.2) is 15.0 Å². The van der Waals surface area contributed by atoms with Crippen LogP contribution in [0.5, 0.6) is 0 Å². The van der Waals surface area contributed by atoms with E-state index >= 15 is 0 Å². The number of anilines is 3. The molecule has 3 atom stereocenters. The maximum absolute atomic E-state index is 13.1. The highest BCUT2D eigenvalue weighted by Gasteiger charge is 2.55. The molecule has 7 rings (SSSR count). The quantitative estimate of drug-likeness (QED) is 0.635. The van der Waals surface area contributed by atoms with Crippen molar-refractivity contribution in [3.8, 4) is 0 Å². The molecule has 4 fully saturated rings. The van der Waals surface area contributed by atoms with E-state index in [1.807, 2.05) is 0 Å². The first kappa shape index (κ1) is 21.3. The van der Waals surface area contributed by atoms with Crippen molar-refractivity contribution in [2.75, 3.05) is 53.7 Å². The van der Waals surface area contributed by atoms with Crippen LogP contribution in [0.4, 0.5) is 17.7 Å². The zero-order valence-corrected chi connectivity index (χ0v) is 20.5. The lowest BCUT2D eigenvalue weighted by atomic mass is 9.77. The van der Waals surface area contributed by atoms with Crippen molar-refractivity contribution in [1.29, 1.82) is 0 Å². The normalized spacial score (nSPS) is 29.8. The van der Waals surface area contributed by atoms with E-state index in [9.17, 15) is 9.32 Å². The van der Waals surface area contributed by atoms with Crippen LogP contribution in [-0.4, -0.2) is 73.3 Å². The summed E-state index contributed by atoms with van der Waals surface area (Å²) in [6, 6.07) is 0. The van der Waals surface area contributed by atoms with Gasteiger partial charge in [-0.1, -0.05) is 11.6 Å².